The van der Waals surface area contributed by atoms with E-state index < -0.39 is 0 Å². The van der Waals surface area contributed by atoms with Crippen LogP contribution in [0.25, 0.3) is 0 Å². The van der Waals surface area contributed by atoms with Crippen molar-refractivity contribution in [3.05, 3.63) is 52.6 Å². The zero-order valence-electron chi connectivity index (χ0n) is 13.0. The molecule has 112 valence electrons. The second-order valence-electron chi connectivity index (χ2n) is 5.24. The third-order valence-corrected chi connectivity index (χ3v) is 4.72. The van der Waals surface area contributed by atoms with Gasteiger partial charge in [0.2, 0.25) is 0 Å². The van der Waals surface area contributed by atoms with Crippen molar-refractivity contribution in [3.63, 3.8) is 0 Å². The number of hydrogen-bond acceptors (Lipinski definition) is 4. The molecule has 1 aromatic carbocycles. The first kappa shape index (κ1) is 16.0. The van der Waals surface area contributed by atoms with Gasteiger partial charge in [0.05, 0.1) is 5.75 Å². The number of aromatic nitrogens is 2. The SMILES string of the molecule is Cc1ccccc1SCc1nc(C)c(CCCN)c(C)n1. The van der Waals surface area contributed by atoms with Gasteiger partial charge in [-0.05, 0) is 57.4 Å². The van der Waals surface area contributed by atoms with Crippen LogP contribution in [0.5, 0.6) is 0 Å². The lowest BCUT2D eigenvalue weighted by Crippen LogP contribution is -2.07. The van der Waals surface area contributed by atoms with Gasteiger partial charge < -0.3 is 5.73 Å². The second-order valence-corrected chi connectivity index (χ2v) is 6.25. The normalized spacial score (nSPS) is 10.9. The molecule has 0 unspecified atom stereocenters. The molecule has 0 fully saturated rings. The average molecular weight is 301 g/mol. The minimum atomic E-state index is 0.712. The van der Waals surface area contributed by atoms with Crippen LogP contribution < -0.4 is 5.73 Å². The molecule has 0 saturated carbocycles. The molecule has 1 heterocycles. The van der Waals surface area contributed by atoms with Crippen molar-refractivity contribution in [1.29, 1.82) is 0 Å². The fourth-order valence-corrected chi connectivity index (χ4v) is 3.26. The number of thioether (sulfide) groups is 1. The topological polar surface area (TPSA) is 51.8 Å². The van der Waals surface area contributed by atoms with Gasteiger partial charge in [0.25, 0.3) is 0 Å². The second kappa shape index (κ2) is 7.57. The van der Waals surface area contributed by atoms with Gasteiger partial charge in [-0.15, -0.1) is 11.8 Å². The molecule has 3 nitrogen and oxygen atoms in total. The Hall–Kier alpha value is -1.39. The van der Waals surface area contributed by atoms with E-state index in [0.717, 1.165) is 35.8 Å². The molecule has 0 saturated heterocycles. The average Bonchev–Trinajstić information content (AvgIpc) is 2.46. The lowest BCUT2D eigenvalue weighted by Gasteiger charge is -2.11. The van der Waals surface area contributed by atoms with Crippen LogP contribution >= 0.6 is 11.8 Å². The predicted octanol–water partition coefficient (Wildman–Crippen LogP) is 3.59. The van der Waals surface area contributed by atoms with E-state index in [1.807, 2.05) is 0 Å². The fourth-order valence-electron chi connectivity index (χ4n) is 2.37. The molecule has 0 aliphatic carbocycles. The molecule has 0 aliphatic rings. The summed E-state index contributed by atoms with van der Waals surface area (Å²) >= 11 is 1.80. The molecule has 0 bridgehead atoms. The first-order valence-electron chi connectivity index (χ1n) is 7.33. The van der Waals surface area contributed by atoms with Gasteiger partial charge in [0.15, 0.2) is 0 Å². The molecule has 0 radical (unpaired) electrons. The van der Waals surface area contributed by atoms with Gasteiger partial charge in [-0.1, -0.05) is 18.2 Å². The fraction of sp³-hybridized carbons (Fsp3) is 0.412. The molecular weight excluding hydrogens is 278 g/mol. The van der Waals surface area contributed by atoms with E-state index in [1.54, 1.807) is 11.8 Å². The first-order chi connectivity index (χ1) is 10.1. The minimum Gasteiger partial charge on any atom is -0.330 e. The van der Waals surface area contributed by atoms with Gasteiger partial charge in [0, 0.05) is 16.3 Å². The minimum absolute atomic E-state index is 0.712. The van der Waals surface area contributed by atoms with Gasteiger partial charge in [-0.25, -0.2) is 9.97 Å². The van der Waals surface area contributed by atoms with Gasteiger partial charge in [-0.2, -0.15) is 0 Å². The van der Waals surface area contributed by atoms with Crippen molar-refractivity contribution < 1.29 is 0 Å². The van der Waals surface area contributed by atoms with Crippen LogP contribution in [0.3, 0.4) is 0 Å². The van der Waals surface area contributed by atoms with Crippen molar-refractivity contribution >= 4 is 11.8 Å². The van der Waals surface area contributed by atoms with Gasteiger partial charge in [-0.3, -0.25) is 0 Å². The van der Waals surface area contributed by atoms with Gasteiger partial charge >= 0.3 is 0 Å². The smallest absolute Gasteiger partial charge is 0.139 e. The summed E-state index contributed by atoms with van der Waals surface area (Å²) in [5.41, 5.74) is 10.3. The summed E-state index contributed by atoms with van der Waals surface area (Å²) in [7, 11) is 0. The van der Waals surface area contributed by atoms with Crippen LogP contribution in [0.4, 0.5) is 0 Å². The Morgan fingerprint density at radius 3 is 2.33 bits per heavy atom. The van der Waals surface area contributed by atoms with E-state index in [2.05, 4.69) is 55.0 Å². The van der Waals surface area contributed by atoms with Crippen LogP contribution in [0.1, 0.15) is 34.8 Å². The molecule has 2 rings (SSSR count). The summed E-state index contributed by atoms with van der Waals surface area (Å²) in [6, 6.07) is 8.42. The molecule has 1 aromatic heterocycles. The molecular formula is C17H23N3S. The predicted molar refractivity (Wildman–Crippen MR) is 89.6 cm³/mol. The third kappa shape index (κ3) is 4.29. The van der Waals surface area contributed by atoms with E-state index in [1.165, 1.54) is 16.0 Å². The monoisotopic (exact) mass is 301 g/mol. The van der Waals surface area contributed by atoms with E-state index in [4.69, 9.17) is 5.73 Å². The lowest BCUT2D eigenvalue weighted by atomic mass is 10.1. The van der Waals surface area contributed by atoms with Crippen LogP contribution in [0.15, 0.2) is 29.2 Å². The van der Waals surface area contributed by atoms with E-state index in [9.17, 15) is 0 Å². The largest absolute Gasteiger partial charge is 0.330 e. The van der Waals surface area contributed by atoms with Crippen LogP contribution in [0.2, 0.25) is 0 Å². The van der Waals surface area contributed by atoms with Crippen molar-refractivity contribution in [3.8, 4) is 0 Å². The summed E-state index contributed by atoms with van der Waals surface area (Å²) in [5.74, 6) is 1.72. The molecule has 21 heavy (non-hydrogen) atoms. The summed E-state index contributed by atoms with van der Waals surface area (Å²) in [4.78, 5) is 10.6. The molecule has 4 heteroatoms. The maximum atomic E-state index is 5.59. The van der Waals surface area contributed by atoms with Crippen molar-refractivity contribution in [2.75, 3.05) is 6.54 Å². The van der Waals surface area contributed by atoms with Crippen molar-refractivity contribution in [2.24, 2.45) is 5.73 Å². The van der Waals surface area contributed by atoms with Gasteiger partial charge in [0.1, 0.15) is 5.82 Å². The Labute approximate surface area is 131 Å². The number of nitrogens with two attached hydrogens (primary N) is 1. The molecule has 0 spiro atoms. The number of rotatable bonds is 6. The quantitative estimate of drug-likeness (QED) is 0.829. The Morgan fingerprint density at radius 1 is 1.05 bits per heavy atom. The van der Waals surface area contributed by atoms with Crippen LogP contribution in [-0.4, -0.2) is 16.5 Å². The maximum absolute atomic E-state index is 5.59. The van der Waals surface area contributed by atoms with E-state index in [-0.39, 0.29) is 0 Å². The molecule has 0 atom stereocenters. The highest BCUT2D eigenvalue weighted by atomic mass is 32.2. The molecule has 2 N–H and O–H groups in total. The highest BCUT2D eigenvalue weighted by Crippen LogP contribution is 2.25. The maximum Gasteiger partial charge on any atom is 0.139 e. The Bertz CT molecular complexity index is 588. The lowest BCUT2D eigenvalue weighted by molar-refractivity contribution is 0.796. The zero-order chi connectivity index (χ0) is 15.2. The Balaban J connectivity index is 2.09. The Kier molecular flexibility index (Phi) is 5.76. The van der Waals surface area contributed by atoms with Crippen molar-refractivity contribution in [1.82, 2.24) is 9.97 Å². The standard InChI is InChI=1S/C17H23N3S/c1-12-7-4-5-9-16(12)21-11-17-19-13(2)15(8-6-10-18)14(3)20-17/h4-5,7,9H,6,8,10-11,18H2,1-3H3. The number of aryl methyl sites for hydroxylation is 3. The highest BCUT2D eigenvalue weighted by molar-refractivity contribution is 7.98. The number of hydrogen-bond donors (Lipinski definition) is 1. The van der Waals surface area contributed by atoms with E-state index in [0.29, 0.717) is 6.54 Å². The summed E-state index contributed by atoms with van der Waals surface area (Å²) in [6.45, 7) is 6.99. The zero-order valence-corrected chi connectivity index (χ0v) is 13.8. The summed E-state index contributed by atoms with van der Waals surface area (Å²) in [6.07, 6.45) is 1.96. The first-order valence-corrected chi connectivity index (χ1v) is 8.32. The van der Waals surface area contributed by atoms with E-state index >= 15 is 0 Å². The third-order valence-electron chi connectivity index (χ3n) is 3.55. The molecule has 2 aromatic rings. The number of benzene rings is 1. The summed E-state index contributed by atoms with van der Waals surface area (Å²) in [5, 5.41) is 0. The molecule has 0 amide bonds. The highest BCUT2D eigenvalue weighted by Gasteiger charge is 2.09. The number of nitrogens with zero attached hydrogens (tertiary/aromatic N) is 2. The molecule has 0 aliphatic heterocycles. The van der Waals surface area contributed by atoms with Crippen LogP contribution in [0, 0.1) is 20.8 Å². The Morgan fingerprint density at radius 2 is 1.71 bits per heavy atom. The van der Waals surface area contributed by atoms with Crippen molar-refractivity contribution in [2.45, 2.75) is 44.3 Å². The van der Waals surface area contributed by atoms with Crippen LogP contribution in [-0.2, 0) is 12.2 Å². The summed E-state index contributed by atoms with van der Waals surface area (Å²) < 4.78 is 0.